The molecule has 2 aromatic rings. The lowest BCUT2D eigenvalue weighted by atomic mass is 10.3. The third-order valence-corrected chi connectivity index (χ3v) is 2.56. The van der Waals surface area contributed by atoms with E-state index in [1.54, 1.807) is 6.20 Å². The monoisotopic (exact) mass is 278 g/mol. The summed E-state index contributed by atoms with van der Waals surface area (Å²) in [6.07, 6.45) is 1.70. The average molecular weight is 279 g/mol. The minimum Gasteiger partial charge on any atom is -0.455 e. The predicted molar refractivity (Wildman–Crippen MR) is 66.3 cm³/mol. The highest BCUT2D eigenvalue weighted by molar-refractivity contribution is 9.10. The van der Waals surface area contributed by atoms with Crippen molar-refractivity contribution in [3.63, 3.8) is 0 Å². The van der Waals surface area contributed by atoms with Gasteiger partial charge in [0.2, 0.25) is 0 Å². The summed E-state index contributed by atoms with van der Waals surface area (Å²) in [6, 6.07) is 11.3. The van der Waals surface area contributed by atoms with E-state index >= 15 is 0 Å². The van der Waals surface area contributed by atoms with Crippen LogP contribution in [0.3, 0.4) is 0 Å². The predicted octanol–water partition coefficient (Wildman–Crippen LogP) is 3.10. The molecule has 16 heavy (non-hydrogen) atoms. The first-order valence-electron chi connectivity index (χ1n) is 4.87. The number of halogens is 1. The van der Waals surface area contributed by atoms with E-state index in [0.717, 1.165) is 15.9 Å². The van der Waals surface area contributed by atoms with Crippen LogP contribution in [-0.4, -0.2) is 4.98 Å². The van der Waals surface area contributed by atoms with Gasteiger partial charge >= 0.3 is 0 Å². The second-order valence-corrected chi connectivity index (χ2v) is 4.13. The van der Waals surface area contributed by atoms with Gasteiger partial charge in [-0.3, -0.25) is 4.98 Å². The molecule has 82 valence electrons. The van der Waals surface area contributed by atoms with E-state index in [1.165, 1.54) is 0 Å². The first kappa shape index (κ1) is 11.1. The van der Waals surface area contributed by atoms with E-state index in [2.05, 4.69) is 20.9 Å². The van der Waals surface area contributed by atoms with Crippen molar-refractivity contribution in [3.8, 4) is 11.5 Å². The summed E-state index contributed by atoms with van der Waals surface area (Å²) in [5.74, 6) is 1.46. The van der Waals surface area contributed by atoms with Crippen LogP contribution in [0.1, 0.15) is 5.69 Å². The molecule has 0 unspecified atom stereocenters. The quantitative estimate of drug-likeness (QED) is 0.939. The Kier molecular flexibility index (Phi) is 3.54. The molecule has 0 bridgehead atoms. The van der Waals surface area contributed by atoms with Crippen molar-refractivity contribution in [2.45, 2.75) is 6.54 Å². The maximum atomic E-state index is 5.71. The summed E-state index contributed by atoms with van der Waals surface area (Å²) in [6.45, 7) is 0.365. The van der Waals surface area contributed by atoms with E-state index in [0.29, 0.717) is 12.3 Å². The molecule has 0 amide bonds. The summed E-state index contributed by atoms with van der Waals surface area (Å²) in [7, 11) is 0. The summed E-state index contributed by atoms with van der Waals surface area (Å²) in [5, 5.41) is 0. The lowest BCUT2D eigenvalue weighted by Crippen LogP contribution is -2.01. The van der Waals surface area contributed by atoms with E-state index < -0.39 is 0 Å². The second kappa shape index (κ2) is 5.09. The number of hydrogen-bond acceptors (Lipinski definition) is 3. The van der Waals surface area contributed by atoms with Gasteiger partial charge in [-0.1, -0.05) is 22.0 Å². The minimum atomic E-state index is 0.365. The third kappa shape index (κ3) is 2.59. The molecule has 1 aromatic heterocycles. The number of pyridine rings is 1. The van der Waals surface area contributed by atoms with E-state index in [1.807, 2.05) is 36.4 Å². The number of benzene rings is 1. The number of rotatable bonds is 3. The zero-order chi connectivity index (χ0) is 11.4. The largest absolute Gasteiger partial charge is 0.455 e. The van der Waals surface area contributed by atoms with Crippen molar-refractivity contribution in [3.05, 3.63) is 52.8 Å². The Morgan fingerprint density at radius 2 is 2.12 bits per heavy atom. The fourth-order valence-corrected chi connectivity index (χ4v) is 1.71. The van der Waals surface area contributed by atoms with Gasteiger partial charge in [0, 0.05) is 17.2 Å². The first-order chi connectivity index (χ1) is 7.79. The van der Waals surface area contributed by atoms with Crippen molar-refractivity contribution in [1.29, 1.82) is 0 Å². The molecule has 0 spiro atoms. The molecule has 0 aliphatic carbocycles. The van der Waals surface area contributed by atoms with Gasteiger partial charge in [0.05, 0.1) is 5.69 Å². The second-order valence-electron chi connectivity index (χ2n) is 3.21. The van der Waals surface area contributed by atoms with Crippen molar-refractivity contribution in [2.75, 3.05) is 0 Å². The zero-order valence-corrected chi connectivity index (χ0v) is 10.1. The van der Waals surface area contributed by atoms with Gasteiger partial charge in [-0.15, -0.1) is 0 Å². The van der Waals surface area contributed by atoms with Crippen LogP contribution in [0, 0.1) is 0 Å². The van der Waals surface area contributed by atoms with Crippen LogP contribution in [0.15, 0.2) is 47.1 Å². The number of nitrogens with zero attached hydrogens (tertiary/aromatic N) is 1. The SMILES string of the molecule is NCc1ncccc1Oc1cccc(Br)c1. The summed E-state index contributed by atoms with van der Waals surface area (Å²) in [5.41, 5.74) is 6.33. The summed E-state index contributed by atoms with van der Waals surface area (Å²) in [4.78, 5) is 4.15. The molecule has 0 fully saturated rings. The lowest BCUT2D eigenvalue weighted by Gasteiger charge is -2.08. The molecule has 0 atom stereocenters. The molecule has 1 aromatic carbocycles. The number of aromatic nitrogens is 1. The van der Waals surface area contributed by atoms with Gasteiger partial charge < -0.3 is 10.5 Å². The van der Waals surface area contributed by atoms with Crippen LogP contribution < -0.4 is 10.5 Å². The molecule has 0 aliphatic rings. The molecular weight excluding hydrogens is 268 g/mol. The fourth-order valence-electron chi connectivity index (χ4n) is 1.33. The van der Waals surface area contributed by atoms with Crippen molar-refractivity contribution >= 4 is 15.9 Å². The average Bonchev–Trinajstić information content (AvgIpc) is 2.30. The maximum absolute atomic E-state index is 5.71. The van der Waals surface area contributed by atoms with Crippen LogP contribution >= 0.6 is 15.9 Å². The van der Waals surface area contributed by atoms with E-state index in [4.69, 9.17) is 10.5 Å². The van der Waals surface area contributed by atoms with Crippen molar-refractivity contribution in [2.24, 2.45) is 5.73 Å². The molecule has 0 saturated carbocycles. The molecule has 2 rings (SSSR count). The van der Waals surface area contributed by atoms with Crippen molar-refractivity contribution in [1.82, 2.24) is 4.98 Å². The molecule has 4 heteroatoms. The highest BCUT2D eigenvalue weighted by Gasteiger charge is 2.03. The smallest absolute Gasteiger partial charge is 0.150 e. The molecular formula is C12H11BrN2O. The van der Waals surface area contributed by atoms with Crippen LogP contribution in [0.25, 0.3) is 0 Å². The van der Waals surface area contributed by atoms with E-state index in [9.17, 15) is 0 Å². The van der Waals surface area contributed by atoms with Crippen LogP contribution in [0.4, 0.5) is 0 Å². The molecule has 3 nitrogen and oxygen atoms in total. The summed E-state index contributed by atoms with van der Waals surface area (Å²) < 4.78 is 6.68. The zero-order valence-electron chi connectivity index (χ0n) is 8.56. The number of hydrogen-bond donors (Lipinski definition) is 1. The Morgan fingerprint density at radius 1 is 1.25 bits per heavy atom. The van der Waals surface area contributed by atoms with Gasteiger partial charge in [-0.05, 0) is 30.3 Å². The van der Waals surface area contributed by atoms with Crippen molar-refractivity contribution < 1.29 is 4.74 Å². The maximum Gasteiger partial charge on any atom is 0.150 e. The van der Waals surface area contributed by atoms with E-state index in [-0.39, 0.29) is 0 Å². The summed E-state index contributed by atoms with van der Waals surface area (Å²) >= 11 is 3.39. The topological polar surface area (TPSA) is 48.1 Å². The third-order valence-electron chi connectivity index (χ3n) is 2.07. The molecule has 2 N–H and O–H groups in total. The van der Waals surface area contributed by atoms with Gasteiger partial charge in [0.15, 0.2) is 0 Å². The van der Waals surface area contributed by atoms with Crippen LogP contribution in [0.5, 0.6) is 11.5 Å². The molecule has 0 radical (unpaired) electrons. The van der Waals surface area contributed by atoms with Crippen LogP contribution in [-0.2, 0) is 6.54 Å². The number of ether oxygens (including phenoxy) is 1. The molecule has 1 heterocycles. The fraction of sp³-hybridized carbons (Fsp3) is 0.0833. The minimum absolute atomic E-state index is 0.365. The first-order valence-corrected chi connectivity index (χ1v) is 5.66. The Hall–Kier alpha value is -1.39. The lowest BCUT2D eigenvalue weighted by molar-refractivity contribution is 0.472. The van der Waals surface area contributed by atoms with Gasteiger partial charge in [-0.2, -0.15) is 0 Å². The highest BCUT2D eigenvalue weighted by Crippen LogP contribution is 2.25. The van der Waals surface area contributed by atoms with Gasteiger partial charge in [0.25, 0.3) is 0 Å². The van der Waals surface area contributed by atoms with Crippen LogP contribution in [0.2, 0.25) is 0 Å². The Labute approximate surface area is 102 Å². The molecule has 0 saturated heterocycles. The highest BCUT2D eigenvalue weighted by atomic mass is 79.9. The van der Waals surface area contributed by atoms with Gasteiger partial charge in [-0.25, -0.2) is 0 Å². The molecule has 0 aliphatic heterocycles. The Balaban J connectivity index is 2.26. The normalized spacial score (nSPS) is 10.1. The Morgan fingerprint density at radius 3 is 2.88 bits per heavy atom. The Bertz CT molecular complexity index is 488. The number of nitrogens with two attached hydrogens (primary N) is 1. The standard InChI is InChI=1S/C12H11BrN2O/c13-9-3-1-4-10(7-9)16-12-5-2-6-15-11(12)8-14/h1-7H,8,14H2. The van der Waals surface area contributed by atoms with Gasteiger partial charge in [0.1, 0.15) is 11.5 Å².